The van der Waals surface area contributed by atoms with Crippen LogP contribution in [0.4, 0.5) is 0 Å². The average Bonchev–Trinajstić information content (AvgIpc) is 2.27. The van der Waals surface area contributed by atoms with E-state index >= 15 is 0 Å². The van der Waals surface area contributed by atoms with E-state index in [0.717, 1.165) is 6.54 Å². The van der Waals surface area contributed by atoms with Crippen molar-refractivity contribution in [2.75, 3.05) is 6.54 Å². The second-order valence-electron chi connectivity index (χ2n) is 5.51. The fourth-order valence-electron chi connectivity index (χ4n) is 2.18. The molecule has 0 aliphatic heterocycles. The van der Waals surface area contributed by atoms with Gasteiger partial charge in [0.1, 0.15) is 0 Å². The van der Waals surface area contributed by atoms with Gasteiger partial charge in [0.25, 0.3) is 0 Å². The van der Waals surface area contributed by atoms with Gasteiger partial charge in [0.05, 0.1) is 6.04 Å². The standard InChI is InChI=1S/C16H26N2O/c1-11(2)17-9-8-16(19)18-14(5)15-7-6-12(3)10-13(15)4/h6-7,10-11,14,17H,8-9H2,1-5H3,(H,18,19). The molecule has 106 valence electrons. The SMILES string of the molecule is Cc1ccc(C(C)NC(=O)CCNC(C)C)c(C)c1. The van der Waals surface area contributed by atoms with Crippen molar-refractivity contribution in [2.24, 2.45) is 0 Å². The number of rotatable bonds is 6. The molecular weight excluding hydrogens is 236 g/mol. The van der Waals surface area contributed by atoms with Crippen LogP contribution in [0.2, 0.25) is 0 Å². The van der Waals surface area contributed by atoms with Crippen LogP contribution in [-0.2, 0) is 4.79 Å². The Balaban J connectivity index is 2.49. The third-order valence-electron chi connectivity index (χ3n) is 3.17. The number of hydrogen-bond acceptors (Lipinski definition) is 2. The second-order valence-corrected chi connectivity index (χ2v) is 5.51. The molecule has 0 bridgehead atoms. The van der Waals surface area contributed by atoms with Crippen molar-refractivity contribution in [2.45, 2.75) is 53.1 Å². The van der Waals surface area contributed by atoms with E-state index in [1.807, 2.05) is 6.92 Å². The number of aryl methyl sites for hydroxylation is 2. The first-order valence-corrected chi connectivity index (χ1v) is 7.00. The lowest BCUT2D eigenvalue weighted by molar-refractivity contribution is -0.121. The summed E-state index contributed by atoms with van der Waals surface area (Å²) in [5, 5.41) is 6.30. The summed E-state index contributed by atoms with van der Waals surface area (Å²) in [6.45, 7) is 11.1. The van der Waals surface area contributed by atoms with Gasteiger partial charge in [0.15, 0.2) is 0 Å². The fourth-order valence-corrected chi connectivity index (χ4v) is 2.18. The zero-order chi connectivity index (χ0) is 14.4. The van der Waals surface area contributed by atoms with E-state index in [1.165, 1.54) is 16.7 Å². The van der Waals surface area contributed by atoms with Gasteiger partial charge >= 0.3 is 0 Å². The van der Waals surface area contributed by atoms with Gasteiger partial charge < -0.3 is 10.6 Å². The van der Waals surface area contributed by atoms with Gasteiger partial charge in [0, 0.05) is 19.0 Å². The number of benzene rings is 1. The summed E-state index contributed by atoms with van der Waals surface area (Å²) in [5.41, 5.74) is 3.67. The van der Waals surface area contributed by atoms with E-state index in [0.29, 0.717) is 12.5 Å². The summed E-state index contributed by atoms with van der Waals surface area (Å²) in [7, 11) is 0. The largest absolute Gasteiger partial charge is 0.350 e. The molecule has 0 saturated heterocycles. The second kappa shape index (κ2) is 7.29. The topological polar surface area (TPSA) is 41.1 Å². The molecule has 0 radical (unpaired) electrons. The monoisotopic (exact) mass is 262 g/mol. The lowest BCUT2D eigenvalue weighted by Crippen LogP contribution is -2.32. The van der Waals surface area contributed by atoms with Crippen molar-refractivity contribution in [3.05, 3.63) is 34.9 Å². The van der Waals surface area contributed by atoms with Crippen molar-refractivity contribution in [1.82, 2.24) is 10.6 Å². The minimum absolute atomic E-state index is 0.0622. The van der Waals surface area contributed by atoms with E-state index in [4.69, 9.17) is 0 Å². The van der Waals surface area contributed by atoms with E-state index in [-0.39, 0.29) is 11.9 Å². The first-order valence-electron chi connectivity index (χ1n) is 7.00. The van der Waals surface area contributed by atoms with E-state index in [9.17, 15) is 4.79 Å². The highest BCUT2D eigenvalue weighted by Crippen LogP contribution is 2.18. The summed E-state index contributed by atoms with van der Waals surface area (Å²) in [5.74, 6) is 0.0978. The molecule has 3 heteroatoms. The van der Waals surface area contributed by atoms with Gasteiger partial charge in [-0.15, -0.1) is 0 Å². The first kappa shape index (κ1) is 15.7. The number of nitrogens with one attached hydrogen (secondary N) is 2. The zero-order valence-electron chi connectivity index (χ0n) is 12.7. The predicted molar refractivity (Wildman–Crippen MR) is 80.2 cm³/mol. The van der Waals surface area contributed by atoms with Crippen LogP contribution in [-0.4, -0.2) is 18.5 Å². The zero-order valence-corrected chi connectivity index (χ0v) is 12.7. The third kappa shape index (κ3) is 5.43. The minimum atomic E-state index is 0.0622. The molecule has 1 aromatic carbocycles. The quantitative estimate of drug-likeness (QED) is 0.827. The molecule has 1 rings (SSSR count). The molecule has 1 amide bonds. The van der Waals surface area contributed by atoms with Crippen LogP contribution in [0, 0.1) is 13.8 Å². The summed E-state index contributed by atoms with van der Waals surface area (Å²) in [4.78, 5) is 11.8. The van der Waals surface area contributed by atoms with Crippen LogP contribution < -0.4 is 10.6 Å². The molecule has 0 heterocycles. The maximum atomic E-state index is 11.8. The van der Waals surface area contributed by atoms with Crippen molar-refractivity contribution in [3.63, 3.8) is 0 Å². The molecule has 1 aromatic rings. The summed E-state index contributed by atoms with van der Waals surface area (Å²) < 4.78 is 0. The maximum Gasteiger partial charge on any atom is 0.221 e. The Bertz CT molecular complexity index is 427. The van der Waals surface area contributed by atoms with Crippen molar-refractivity contribution < 1.29 is 4.79 Å². The van der Waals surface area contributed by atoms with Crippen molar-refractivity contribution in [3.8, 4) is 0 Å². The summed E-state index contributed by atoms with van der Waals surface area (Å²) in [6, 6.07) is 6.82. The molecule has 1 atom stereocenters. The Morgan fingerprint density at radius 3 is 2.47 bits per heavy atom. The van der Waals surface area contributed by atoms with Crippen LogP contribution in [0.1, 0.15) is 49.9 Å². The lowest BCUT2D eigenvalue weighted by Gasteiger charge is -2.17. The Morgan fingerprint density at radius 2 is 1.89 bits per heavy atom. The molecule has 3 nitrogen and oxygen atoms in total. The van der Waals surface area contributed by atoms with Gasteiger partial charge in [-0.2, -0.15) is 0 Å². The lowest BCUT2D eigenvalue weighted by atomic mass is 10.0. The molecular formula is C16H26N2O. The molecule has 0 aromatic heterocycles. The van der Waals surface area contributed by atoms with Gasteiger partial charge in [-0.25, -0.2) is 0 Å². The number of carbonyl (C=O) groups is 1. The Morgan fingerprint density at radius 1 is 1.21 bits per heavy atom. The smallest absolute Gasteiger partial charge is 0.221 e. The minimum Gasteiger partial charge on any atom is -0.350 e. The number of carbonyl (C=O) groups excluding carboxylic acids is 1. The van der Waals surface area contributed by atoms with Crippen LogP contribution in [0.25, 0.3) is 0 Å². The molecule has 19 heavy (non-hydrogen) atoms. The summed E-state index contributed by atoms with van der Waals surface area (Å²) >= 11 is 0. The van der Waals surface area contributed by atoms with Gasteiger partial charge in [0.2, 0.25) is 5.91 Å². The molecule has 0 fully saturated rings. The van der Waals surface area contributed by atoms with Crippen LogP contribution in [0.15, 0.2) is 18.2 Å². The highest BCUT2D eigenvalue weighted by atomic mass is 16.1. The fraction of sp³-hybridized carbons (Fsp3) is 0.562. The Labute approximate surface area is 116 Å². The molecule has 1 unspecified atom stereocenters. The molecule has 0 aliphatic carbocycles. The first-order chi connectivity index (χ1) is 8.90. The number of hydrogen-bond donors (Lipinski definition) is 2. The predicted octanol–water partition coefficient (Wildman–Crippen LogP) is 2.87. The molecule has 0 saturated carbocycles. The van der Waals surface area contributed by atoms with E-state index in [2.05, 4.69) is 56.5 Å². The molecule has 0 spiro atoms. The maximum absolute atomic E-state index is 11.8. The normalized spacial score (nSPS) is 12.5. The highest BCUT2D eigenvalue weighted by Gasteiger charge is 2.11. The third-order valence-corrected chi connectivity index (χ3v) is 3.17. The highest BCUT2D eigenvalue weighted by molar-refractivity contribution is 5.76. The van der Waals surface area contributed by atoms with Gasteiger partial charge in [-0.05, 0) is 31.9 Å². The summed E-state index contributed by atoms with van der Waals surface area (Å²) in [6.07, 6.45) is 0.521. The van der Waals surface area contributed by atoms with Crippen LogP contribution in [0.5, 0.6) is 0 Å². The van der Waals surface area contributed by atoms with Gasteiger partial charge in [-0.3, -0.25) is 4.79 Å². The Kier molecular flexibility index (Phi) is 6.03. The van der Waals surface area contributed by atoms with Crippen molar-refractivity contribution >= 4 is 5.91 Å². The average molecular weight is 262 g/mol. The molecule has 0 aliphatic rings. The van der Waals surface area contributed by atoms with Crippen LogP contribution >= 0.6 is 0 Å². The number of amides is 1. The molecule has 2 N–H and O–H groups in total. The Hall–Kier alpha value is -1.35. The van der Waals surface area contributed by atoms with E-state index < -0.39 is 0 Å². The van der Waals surface area contributed by atoms with E-state index in [1.54, 1.807) is 0 Å². The van der Waals surface area contributed by atoms with Crippen LogP contribution in [0.3, 0.4) is 0 Å². The van der Waals surface area contributed by atoms with Gasteiger partial charge in [-0.1, -0.05) is 37.6 Å². The van der Waals surface area contributed by atoms with Crippen molar-refractivity contribution in [1.29, 1.82) is 0 Å².